The number of ether oxygens (including phenoxy) is 1. The molecule has 3 N–H and O–H groups in total. The lowest BCUT2D eigenvalue weighted by molar-refractivity contribution is -0.121. The number of nitrogens with one attached hydrogen (secondary N) is 1. The van der Waals surface area contributed by atoms with E-state index in [1.54, 1.807) is 13.0 Å². The maximum atomic E-state index is 13.5. The van der Waals surface area contributed by atoms with Crippen LogP contribution in [0.4, 0.5) is 4.39 Å². The second kappa shape index (κ2) is 8.22. The monoisotopic (exact) mass is 309 g/mol. The van der Waals surface area contributed by atoms with E-state index in [2.05, 4.69) is 10.2 Å². The van der Waals surface area contributed by atoms with Crippen LogP contribution in [0.1, 0.15) is 24.9 Å². The van der Waals surface area contributed by atoms with E-state index < -0.39 is 0 Å². The molecular weight excluding hydrogens is 285 g/mol. The van der Waals surface area contributed by atoms with Crippen molar-refractivity contribution in [1.82, 2.24) is 10.2 Å². The Bertz CT molecular complexity index is 490. The van der Waals surface area contributed by atoms with Gasteiger partial charge in [0, 0.05) is 32.1 Å². The zero-order valence-corrected chi connectivity index (χ0v) is 12.9. The molecule has 2 atom stereocenters. The first-order valence-corrected chi connectivity index (χ1v) is 7.66. The first-order valence-electron chi connectivity index (χ1n) is 7.66. The Balaban J connectivity index is 2.06. The third-order valence-electron chi connectivity index (χ3n) is 3.72. The molecule has 0 saturated carbocycles. The summed E-state index contributed by atoms with van der Waals surface area (Å²) in [5, 5.41) is 2.91. The minimum atomic E-state index is -0.266. The van der Waals surface area contributed by atoms with Gasteiger partial charge in [0.05, 0.1) is 19.3 Å². The number of nitrogens with two attached hydrogens (primary N) is 1. The van der Waals surface area contributed by atoms with E-state index in [0.717, 1.165) is 18.7 Å². The second-order valence-corrected chi connectivity index (χ2v) is 5.70. The lowest BCUT2D eigenvalue weighted by Gasteiger charge is -2.35. The Kier molecular flexibility index (Phi) is 6.30. The highest BCUT2D eigenvalue weighted by atomic mass is 19.1. The van der Waals surface area contributed by atoms with E-state index in [4.69, 9.17) is 10.5 Å². The Morgan fingerprint density at radius 3 is 2.82 bits per heavy atom. The normalized spacial score (nSPS) is 18.7. The number of halogens is 1. The van der Waals surface area contributed by atoms with Crippen LogP contribution in [0.2, 0.25) is 0 Å². The standard InChI is InChI=1S/C16H24FN3O2/c1-12(18)9-16(21)19-11-15(20-5-7-22-8-6-20)13-3-2-4-14(17)10-13/h2-4,10,12,15H,5-9,11,18H2,1H3,(H,19,21). The molecule has 1 aromatic carbocycles. The first kappa shape index (κ1) is 16.9. The smallest absolute Gasteiger partial charge is 0.221 e. The Hall–Kier alpha value is -1.50. The van der Waals surface area contributed by atoms with Crippen LogP contribution in [0.15, 0.2) is 24.3 Å². The molecule has 22 heavy (non-hydrogen) atoms. The number of carbonyl (C=O) groups is 1. The van der Waals surface area contributed by atoms with E-state index >= 15 is 0 Å². The third-order valence-corrected chi connectivity index (χ3v) is 3.72. The molecule has 0 bridgehead atoms. The van der Waals surface area contributed by atoms with Crippen molar-refractivity contribution < 1.29 is 13.9 Å². The van der Waals surface area contributed by atoms with E-state index in [9.17, 15) is 9.18 Å². The topological polar surface area (TPSA) is 67.6 Å². The lowest BCUT2D eigenvalue weighted by Crippen LogP contribution is -2.44. The highest BCUT2D eigenvalue weighted by Gasteiger charge is 2.23. The van der Waals surface area contributed by atoms with Gasteiger partial charge in [-0.2, -0.15) is 0 Å². The van der Waals surface area contributed by atoms with Crippen molar-refractivity contribution in [3.63, 3.8) is 0 Å². The molecule has 1 saturated heterocycles. The summed E-state index contributed by atoms with van der Waals surface area (Å²) >= 11 is 0. The van der Waals surface area contributed by atoms with Gasteiger partial charge in [-0.1, -0.05) is 12.1 Å². The minimum Gasteiger partial charge on any atom is -0.379 e. The maximum absolute atomic E-state index is 13.5. The molecule has 0 aromatic heterocycles. The highest BCUT2D eigenvalue weighted by molar-refractivity contribution is 5.76. The number of amides is 1. The predicted octanol–water partition coefficient (Wildman–Crippen LogP) is 1.05. The minimum absolute atomic E-state index is 0.0587. The molecule has 5 nitrogen and oxygen atoms in total. The van der Waals surface area contributed by atoms with Gasteiger partial charge < -0.3 is 15.8 Å². The van der Waals surface area contributed by atoms with Crippen LogP contribution in [-0.2, 0) is 9.53 Å². The molecule has 122 valence electrons. The van der Waals surface area contributed by atoms with Crippen molar-refractivity contribution in [2.24, 2.45) is 5.73 Å². The largest absolute Gasteiger partial charge is 0.379 e. The highest BCUT2D eigenvalue weighted by Crippen LogP contribution is 2.22. The first-order chi connectivity index (χ1) is 10.6. The molecule has 1 aliphatic rings. The number of morpholine rings is 1. The van der Waals surface area contributed by atoms with Gasteiger partial charge in [0.25, 0.3) is 0 Å². The van der Waals surface area contributed by atoms with Crippen LogP contribution in [0.3, 0.4) is 0 Å². The van der Waals surface area contributed by atoms with Crippen molar-refractivity contribution in [3.8, 4) is 0 Å². The van der Waals surface area contributed by atoms with Crippen LogP contribution >= 0.6 is 0 Å². The van der Waals surface area contributed by atoms with Gasteiger partial charge in [-0.15, -0.1) is 0 Å². The van der Waals surface area contributed by atoms with Crippen molar-refractivity contribution >= 4 is 5.91 Å². The van der Waals surface area contributed by atoms with Gasteiger partial charge in [0.2, 0.25) is 5.91 Å². The van der Waals surface area contributed by atoms with Gasteiger partial charge in [-0.05, 0) is 24.6 Å². The van der Waals surface area contributed by atoms with E-state index in [0.29, 0.717) is 26.2 Å². The summed E-state index contributed by atoms with van der Waals surface area (Å²) in [7, 11) is 0. The van der Waals surface area contributed by atoms with Crippen LogP contribution in [0, 0.1) is 5.82 Å². The number of hydrogen-bond donors (Lipinski definition) is 2. The van der Waals surface area contributed by atoms with Crippen molar-refractivity contribution in [3.05, 3.63) is 35.6 Å². The molecule has 0 radical (unpaired) electrons. The Morgan fingerprint density at radius 1 is 1.45 bits per heavy atom. The van der Waals surface area contributed by atoms with Crippen LogP contribution in [-0.4, -0.2) is 49.7 Å². The van der Waals surface area contributed by atoms with Crippen LogP contribution in [0.5, 0.6) is 0 Å². The molecule has 0 spiro atoms. The average molecular weight is 309 g/mol. The average Bonchev–Trinajstić information content (AvgIpc) is 2.48. The summed E-state index contributed by atoms with van der Waals surface area (Å²) in [6.45, 7) is 5.08. The number of hydrogen-bond acceptors (Lipinski definition) is 4. The fraction of sp³-hybridized carbons (Fsp3) is 0.562. The van der Waals surface area contributed by atoms with E-state index in [1.807, 2.05) is 6.07 Å². The van der Waals surface area contributed by atoms with E-state index in [-0.39, 0.29) is 23.8 Å². The number of nitrogens with zero attached hydrogens (tertiary/aromatic N) is 1. The van der Waals surface area contributed by atoms with Gasteiger partial charge in [0.1, 0.15) is 5.82 Å². The molecule has 1 amide bonds. The zero-order chi connectivity index (χ0) is 15.9. The SMILES string of the molecule is CC(N)CC(=O)NCC(c1cccc(F)c1)N1CCOCC1. The third kappa shape index (κ3) is 5.05. The summed E-state index contributed by atoms with van der Waals surface area (Å²) in [5.74, 6) is -0.345. The van der Waals surface area contributed by atoms with Crippen molar-refractivity contribution in [2.75, 3.05) is 32.8 Å². The van der Waals surface area contributed by atoms with Gasteiger partial charge in [0.15, 0.2) is 0 Å². The molecule has 1 aliphatic heterocycles. The molecule has 1 aromatic rings. The van der Waals surface area contributed by atoms with E-state index in [1.165, 1.54) is 12.1 Å². The number of benzene rings is 1. The number of rotatable bonds is 6. The fourth-order valence-electron chi connectivity index (χ4n) is 2.64. The maximum Gasteiger partial charge on any atom is 0.221 e. The molecule has 2 unspecified atom stereocenters. The fourth-order valence-corrected chi connectivity index (χ4v) is 2.64. The van der Waals surface area contributed by atoms with Crippen molar-refractivity contribution in [2.45, 2.75) is 25.4 Å². The lowest BCUT2D eigenvalue weighted by atomic mass is 10.0. The summed E-state index contributed by atoms with van der Waals surface area (Å²) < 4.78 is 18.9. The molecular formula is C16H24FN3O2. The van der Waals surface area contributed by atoms with Crippen LogP contribution < -0.4 is 11.1 Å². The second-order valence-electron chi connectivity index (χ2n) is 5.70. The molecule has 2 rings (SSSR count). The van der Waals surface area contributed by atoms with Gasteiger partial charge in [-0.3, -0.25) is 9.69 Å². The quantitative estimate of drug-likeness (QED) is 0.824. The predicted molar refractivity (Wildman–Crippen MR) is 82.8 cm³/mol. The zero-order valence-electron chi connectivity index (χ0n) is 12.9. The summed E-state index contributed by atoms with van der Waals surface area (Å²) in [5.41, 5.74) is 6.50. The summed E-state index contributed by atoms with van der Waals surface area (Å²) in [4.78, 5) is 14.0. The van der Waals surface area contributed by atoms with Crippen LogP contribution in [0.25, 0.3) is 0 Å². The molecule has 6 heteroatoms. The Morgan fingerprint density at radius 2 is 2.18 bits per heavy atom. The van der Waals surface area contributed by atoms with Gasteiger partial charge >= 0.3 is 0 Å². The summed E-state index contributed by atoms with van der Waals surface area (Å²) in [6, 6.07) is 6.31. The molecule has 1 fully saturated rings. The molecule has 1 heterocycles. The molecule has 0 aliphatic carbocycles. The number of carbonyl (C=O) groups excluding carboxylic acids is 1. The van der Waals surface area contributed by atoms with Crippen molar-refractivity contribution in [1.29, 1.82) is 0 Å². The van der Waals surface area contributed by atoms with Gasteiger partial charge in [-0.25, -0.2) is 4.39 Å². The Labute approximate surface area is 130 Å². The summed E-state index contributed by atoms with van der Waals surface area (Å²) in [6.07, 6.45) is 0.291.